The van der Waals surface area contributed by atoms with Gasteiger partial charge in [-0.1, -0.05) is 12.1 Å². The van der Waals surface area contributed by atoms with E-state index < -0.39 is 0 Å². The summed E-state index contributed by atoms with van der Waals surface area (Å²) in [6.07, 6.45) is 6.79. The van der Waals surface area contributed by atoms with Crippen LogP contribution in [0.2, 0.25) is 0 Å². The van der Waals surface area contributed by atoms with Gasteiger partial charge in [-0.25, -0.2) is 33.3 Å². The number of rotatable bonds is 6. The van der Waals surface area contributed by atoms with Crippen LogP contribution in [0.3, 0.4) is 0 Å². The molecule has 1 saturated heterocycles. The Kier molecular flexibility index (Phi) is 6.26. The summed E-state index contributed by atoms with van der Waals surface area (Å²) in [4.78, 5) is 23.4. The average Bonchev–Trinajstić information content (AvgIpc) is 3.40. The monoisotopic (exact) mass is 514 g/mol. The Labute approximate surface area is 217 Å². The highest BCUT2D eigenvalue weighted by atomic mass is 19.1. The molecule has 6 rings (SSSR count). The van der Waals surface area contributed by atoms with Gasteiger partial charge in [-0.15, -0.1) is 0 Å². The van der Waals surface area contributed by atoms with Gasteiger partial charge in [-0.05, 0) is 48.0 Å². The highest BCUT2D eigenvalue weighted by molar-refractivity contribution is 5.77. The molecule has 11 heteroatoms. The molecule has 38 heavy (non-hydrogen) atoms. The van der Waals surface area contributed by atoms with Crippen molar-refractivity contribution in [3.8, 4) is 11.1 Å². The Bertz CT molecular complexity index is 1550. The molecule has 0 bridgehead atoms. The second-order valence-corrected chi connectivity index (χ2v) is 8.82. The summed E-state index contributed by atoms with van der Waals surface area (Å²) in [5.74, 6) is 0.851. The van der Waals surface area contributed by atoms with Crippen molar-refractivity contribution in [2.45, 2.75) is 0 Å². The molecule has 192 valence electrons. The third-order valence-electron chi connectivity index (χ3n) is 6.51. The molecule has 0 aliphatic carbocycles. The van der Waals surface area contributed by atoms with Crippen molar-refractivity contribution in [2.75, 3.05) is 48.2 Å². The molecular formula is C27H24F2N8O. The van der Waals surface area contributed by atoms with E-state index in [1.807, 2.05) is 18.3 Å². The van der Waals surface area contributed by atoms with E-state index in [9.17, 15) is 8.78 Å². The van der Waals surface area contributed by atoms with E-state index in [0.717, 1.165) is 35.6 Å². The van der Waals surface area contributed by atoms with Gasteiger partial charge in [0, 0.05) is 37.9 Å². The fraction of sp³-hybridized carbons (Fsp3) is 0.185. The first kappa shape index (κ1) is 23.7. The van der Waals surface area contributed by atoms with Crippen LogP contribution in [0, 0.1) is 11.6 Å². The number of aromatic nitrogens is 5. The van der Waals surface area contributed by atoms with E-state index in [1.165, 1.54) is 42.8 Å². The Balaban J connectivity index is 1.16. The highest BCUT2D eigenvalue weighted by Gasteiger charge is 2.23. The third kappa shape index (κ3) is 4.59. The molecule has 9 nitrogen and oxygen atoms in total. The summed E-state index contributed by atoms with van der Waals surface area (Å²) < 4.78 is 28.8. The lowest BCUT2D eigenvalue weighted by Crippen LogP contribution is -2.47. The Morgan fingerprint density at radius 2 is 1.53 bits per heavy atom. The van der Waals surface area contributed by atoms with Crippen LogP contribution in [0.25, 0.3) is 16.6 Å². The van der Waals surface area contributed by atoms with Crippen LogP contribution in [0.1, 0.15) is 0 Å². The predicted octanol–water partition coefficient (Wildman–Crippen LogP) is 4.49. The SMILES string of the molecule is CON(c1ccc(F)cc1)c1cnc(N2CCN(c3ncnn4cc(-c5cccc(F)c5)cc34)CC2)nc1. The van der Waals surface area contributed by atoms with Gasteiger partial charge in [-0.2, -0.15) is 5.10 Å². The van der Waals surface area contributed by atoms with Gasteiger partial charge >= 0.3 is 0 Å². The van der Waals surface area contributed by atoms with E-state index in [4.69, 9.17) is 4.84 Å². The van der Waals surface area contributed by atoms with Crippen molar-refractivity contribution in [1.82, 2.24) is 24.6 Å². The number of hydrogen-bond donors (Lipinski definition) is 0. The lowest BCUT2D eigenvalue weighted by molar-refractivity contribution is 0.201. The van der Waals surface area contributed by atoms with Gasteiger partial charge in [0.1, 0.15) is 29.2 Å². The minimum Gasteiger partial charge on any atom is -0.351 e. The van der Waals surface area contributed by atoms with E-state index in [1.54, 1.807) is 35.1 Å². The van der Waals surface area contributed by atoms with Gasteiger partial charge < -0.3 is 9.80 Å². The first-order valence-corrected chi connectivity index (χ1v) is 12.1. The molecule has 0 radical (unpaired) electrons. The minimum absolute atomic E-state index is 0.277. The van der Waals surface area contributed by atoms with E-state index in [0.29, 0.717) is 30.4 Å². The lowest BCUT2D eigenvalue weighted by Gasteiger charge is -2.35. The van der Waals surface area contributed by atoms with Crippen LogP contribution in [0.15, 0.2) is 79.5 Å². The fourth-order valence-electron chi connectivity index (χ4n) is 4.62. The molecule has 0 N–H and O–H groups in total. The second kappa shape index (κ2) is 10.0. The largest absolute Gasteiger partial charge is 0.351 e. The van der Waals surface area contributed by atoms with E-state index >= 15 is 0 Å². The maximum atomic E-state index is 13.7. The number of fused-ring (bicyclic) bond motifs is 1. The van der Waals surface area contributed by atoms with Crippen molar-refractivity contribution in [3.63, 3.8) is 0 Å². The molecule has 0 amide bonds. The maximum Gasteiger partial charge on any atom is 0.225 e. The summed E-state index contributed by atoms with van der Waals surface area (Å²) in [5, 5.41) is 5.88. The number of anilines is 4. The molecule has 1 aliphatic rings. The predicted molar refractivity (Wildman–Crippen MR) is 140 cm³/mol. The van der Waals surface area contributed by atoms with E-state index in [2.05, 4.69) is 29.9 Å². The van der Waals surface area contributed by atoms with Crippen LogP contribution in [0.4, 0.5) is 31.9 Å². The number of benzene rings is 2. The molecule has 5 aromatic rings. The third-order valence-corrected chi connectivity index (χ3v) is 6.51. The zero-order valence-electron chi connectivity index (χ0n) is 20.6. The molecule has 2 aromatic carbocycles. The molecule has 0 atom stereocenters. The summed E-state index contributed by atoms with van der Waals surface area (Å²) in [5.41, 5.74) is 3.83. The minimum atomic E-state index is -0.317. The van der Waals surface area contributed by atoms with Crippen LogP contribution < -0.4 is 14.9 Å². The van der Waals surface area contributed by atoms with Crippen molar-refractivity contribution < 1.29 is 13.6 Å². The number of halogens is 2. The standard InChI is InChI=1S/C27H24F2N8O/c1-38-37(23-7-5-21(28)6-8-23)24-15-30-27(31-16-24)35-11-9-34(10-12-35)26-25-14-20(17-36(25)33-18-32-26)19-3-2-4-22(29)13-19/h2-8,13-18H,9-12H2,1H3. The second-order valence-electron chi connectivity index (χ2n) is 8.82. The van der Waals surface area contributed by atoms with E-state index in [-0.39, 0.29) is 11.6 Å². The molecule has 3 aromatic heterocycles. The zero-order chi connectivity index (χ0) is 26.1. The Morgan fingerprint density at radius 1 is 0.789 bits per heavy atom. The summed E-state index contributed by atoms with van der Waals surface area (Å²) in [7, 11) is 1.53. The van der Waals surface area contributed by atoms with Gasteiger partial charge in [0.2, 0.25) is 5.95 Å². The Morgan fingerprint density at radius 3 is 2.24 bits per heavy atom. The summed E-state index contributed by atoms with van der Waals surface area (Å²) in [6, 6.07) is 14.5. The normalized spacial score (nSPS) is 13.8. The molecule has 1 aliphatic heterocycles. The summed E-state index contributed by atoms with van der Waals surface area (Å²) in [6.45, 7) is 2.86. The fourth-order valence-corrected chi connectivity index (χ4v) is 4.62. The quantitative estimate of drug-likeness (QED) is 0.307. The smallest absolute Gasteiger partial charge is 0.225 e. The van der Waals surface area contributed by atoms with Gasteiger partial charge in [0.05, 0.1) is 25.2 Å². The van der Waals surface area contributed by atoms with Crippen molar-refractivity contribution in [3.05, 3.63) is 91.1 Å². The molecule has 0 unspecified atom stereocenters. The highest BCUT2D eigenvalue weighted by Crippen LogP contribution is 2.29. The number of hydrogen-bond acceptors (Lipinski definition) is 8. The van der Waals surface area contributed by atoms with Crippen LogP contribution in [-0.4, -0.2) is 57.9 Å². The molecule has 0 saturated carbocycles. The van der Waals surface area contributed by atoms with Gasteiger partial charge in [0.25, 0.3) is 0 Å². The van der Waals surface area contributed by atoms with Crippen LogP contribution in [-0.2, 0) is 4.84 Å². The maximum absolute atomic E-state index is 13.7. The zero-order valence-corrected chi connectivity index (χ0v) is 20.6. The lowest BCUT2D eigenvalue weighted by atomic mass is 10.1. The molecular weight excluding hydrogens is 490 g/mol. The first-order chi connectivity index (χ1) is 18.6. The van der Waals surface area contributed by atoms with Gasteiger partial charge in [-0.3, -0.25) is 4.84 Å². The first-order valence-electron chi connectivity index (χ1n) is 12.1. The van der Waals surface area contributed by atoms with Crippen LogP contribution >= 0.6 is 0 Å². The number of piperazine rings is 1. The molecule has 0 spiro atoms. The molecule has 1 fully saturated rings. The number of nitrogens with zero attached hydrogens (tertiary/aromatic N) is 8. The topological polar surface area (TPSA) is 74.9 Å². The average molecular weight is 515 g/mol. The summed E-state index contributed by atoms with van der Waals surface area (Å²) >= 11 is 0. The van der Waals surface area contributed by atoms with Crippen molar-refractivity contribution in [2.24, 2.45) is 0 Å². The van der Waals surface area contributed by atoms with Crippen molar-refractivity contribution >= 4 is 28.7 Å². The Hall–Kier alpha value is -4.64. The van der Waals surface area contributed by atoms with Gasteiger partial charge in [0.15, 0.2) is 5.82 Å². The molecule has 4 heterocycles. The van der Waals surface area contributed by atoms with Crippen LogP contribution in [0.5, 0.6) is 0 Å². The van der Waals surface area contributed by atoms with Crippen molar-refractivity contribution in [1.29, 1.82) is 0 Å².